The Balaban J connectivity index is 2.33. The first kappa shape index (κ1) is 14.9. The number of rotatable bonds is 6. The van der Waals surface area contributed by atoms with Gasteiger partial charge in [0.25, 0.3) is 0 Å². The molecule has 0 saturated heterocycles. The van der Waals surface area contributed by atoms with Gasteiger partial charge in [0.15, 0.2) is 11.6 Å². The Labute approximate surface area is 124 Å². The normalized spacial score (nSPS) is 10.1. The van der Waals surface area contributed by atoms with Crippen molar-refractivity contribution in [2.75, 3.05) is 31.4 Å². The second-order valence-electron chi connectivity index (χ2n) is 4.44. The summed E-state index contributed by atoms with van der Waals surface area (Å²) in [5.74, 6) is 2.70. The van der Waals surface area contributed by atoms with Crippen molar-refractivity contribution in [2.24, 2.45) is 0 Å². The maximum Gasteiger partial charge on any atom is 0.204 e. The summed E-state index contributed by atoms with van der Waals surface area (Å²) in [4.78, 5) is 8.44. The van der Waals surface area contributed by atoms with Gasteiger partial charge in [-0.2, -0.15) is 0 Å². The highest BCUT2D eigenvalue weighted by Crippen LogP contribution is 2.32. The lowest BCUT2D eigenvalue weighted by Crippen LogP contribution is -2.06. The van der Waals surface area contributed by atoms with Crippen molar-refractivity contribution >= 4 is 17.3 Å². The fraction of sp³-hybridized carbons (Fsp3) is 0.333. The smallest absolute Gasteiger partial charge is 0.204 e. The number of methoxy groups -OCH3 is 2. The Hall–Kier alpha value is -2.50. The quantitative estimate of drug-likeness (QED) is 0.851. The molecule has 0 aliphatic carbocycles. The first-order valence-electron chi connectivity index (χ1n) is 6.74. The summed E-state index contributed by atoms with van der Waals surface area (Å²) in [6.07, 6.45) is 1.50. The summed E-state index contributed by atoms with van der Waals surface area (Å²) in [6, 6.07) is 5.80. The fourth-order valence-corrected chi connectivity index (χ4v) is 1.98. The van der Waals surface area contributed by atoms with Crippen LogP contribution in [0.4, 0.5) is 17.3 Å². The third kappa shape index (κ3) is 3.34. The van der Waals surface area contributed by atoms with E-state index in [0.29, 0.717) is 17.4 Å². The Morgan fingerprint density at radius 2 is 1.86 bits per heavy atom. The van der Waals surface area contributed by atoms with Crippen molar-refractivity contribution in [2.45, 2.75) is 13.8 Å². The van der Waals surface area contributed by atoms with Crippen molar-refractivity contribution in [1.29, 1.82) is 0 Å². The minimum Gasteiger partial charge on any atom is -0.497 e. The van der Waals surface area contributed by atoms with Crippen LogP contribution in [0.1, 0.15) is 12.5 Å². The van der Waals surface area contributed by atoms with Crippen molar-refractivity contribution in [3.63, 3.8) is 0 Å². The van der Waals surface area contributed by atoms with E-state index in [-0.39, 0.29) is 0 Å². The van der Waals surface area contributed by atoms with E-state index in [4.69, 9.17) is 9.47 Å². The van der Waals surface area contributed by atoms with Gasteiger partial charge in [0, 0.05) is 12.2 Å². The molecule has 2 rings (SSSR count). The molecule has 0 unspecified atom stereocenters. The average molecular weight is 288 g/mol. The predicted molar refractivity (Wildman–Crippen MR) is 83.8 cm³/mol. The highest BCUT2D eigenvalue weighted by molar-refractivity contribution is 5.71. The molecule has 6 heteroatoms. The van der Waals surface area contributed by atoms with Crippen LogP contribution in [0.5, 0.6) is 11.5 Å². The number of anilines is 3. The molecule has 0 saturated carbocycles. The van der Waals surface area contributed by atoms with Gasteiger partial charge in [-0.1, -0.05) is 0 Å². The Morgan fingerprint density at radius 1 is 1.10 bits per heavy atom. The fourth-order valence-electron chi connectivity index (χ4n) is 1.98. The Morgan fingerprint density at radius 3 is 2.48 bits per heavy atom. The Kier molecular flexibility index (Phi) is 4.81. The van der Waals surface area contributed by atoms with Crippen molar-refractivity contribution in [3.8, 4) is 11.5 Å². The van der Waals surface area contributed by atoms with Crippen LogP contribution in [0, 0.1) is 6.92 Å². The molecule has 0 fully saturated rings. The highest BCUT2D eigenvalue weighted by atomic mass is 16.5. The first-order chi connectivity index (χ1) is 10.2. The molecule has 0 aliphatic heterocycles. The van der Waals surface area contributed by atoms with E-state index in [1.54, 1.807) is 14.2 Å². The summed E-state index contributed by atoms with van der Waals surface area (Å²) >= 11 is 0. The number of nitrogens with one attached hydrogen (secondary N) is 2. The van der Waals surface area contributed by atoms with Crippen LogP contribution in [-0.2, 0) is 0 Å². The molecule has 2 aromatic rings. The molecule has 2 N–H and O–H groups in total. The first-order valence-corrected chi connectivity index (χ1v) is 6.74. The van der Waals surface area contributed by atoms with Crippen LogP contribution in [0.25, 0.3) is 0 Å². The molecular formula is C15H20N4O2. The number of hydrogen-bond donors (Lipinski definition) is 2. The molecule has 6 nitrogen and oxygen atoms in total. The molecule has 1 aromatic heterocycles. The molecular weight excluding hydrogens is 268 g/mol. The topological polar surface area (TPSA) is 68.3 Å². The summed E-state index contributed by atoms with van der Waals surface area (Å²) in [7, 11) is 3.25. The minimum absolute atomic E-state index is 0.592. The number of aromatic nitrogens is 2. The summed E-state index contributed by atoms with van der Waals surface area (Å²) in [5.41, 5.74) is 2.00. The van der Waals surface area contributed by atoms with Gasteiger partial charge in [-0.15, -0.1) is 0 Å². The Bertz CT molecular complexity index is 617. The summed E-state index contributed by atoms with van der Waals surface area (Å²) in [5, 5.41) is 6.42. The molecule has 0 atom stereocenters. The van der Waals surface area contributed by atoms with E-state index < -0.39 is 0 Å². The molecule has 112 valence electrons. The lowest BCUT2D eigenvalue weighted by molar-refractivity contribution is 0.414. The van der Waals surface area contributed by atoms with E-state index in [1.807, 2.05) is 32.0 Å². The standard InChI is InChI=1S/C15H20N4O2/c1-5-16-14-13(21-4)15(18-9-17-14)19-12-7-6-11(20-3)8-10(12)2/h6-9H,5H2,1-4H3,(H2,16,17,18,19). The third-order valence-electron chi connectivity index (χ3n) is 3.04. The van der Waals surface area contributed by atoms with E-state index >= 15 is 0 Å². The summed E-state index contributed by atoms with van der Waals surface area (Å²) < 4.78 is 10.6. The van der Waals surface area contributed by atoms with Crippen molar-refractivity contribution < 1.29 is 9.47 Å². The number of hydrogen-bond acceptors (Lipinski definition) is 6. The van der Waals surface area contributed by atoms with Gasteiger partial charge in [-0.05, 0) is 37.6 Å². The zero-order chi connectivity index (χ0) is 15.2. The number of nitrogens with zero attached hydrogens (tertiary/aromatic N) is 2. The van der Waals surface area contributed by atoms with Gasteiger partial charge in [0.05, 0.1) is 14.2 Å². The van der Waals surface area contributed by atoms with Gasteiger partial charge in [-0.25, -0.2) is 9.97 Å². The third-order valence-corrected chi connectivity index (χ3v) is 3.04. The lowest BCUT2D eigenvalue weighted by Gasteiger charge is -2.15. The van der Waals surface area contributed by atoms with Crippen LogP contribution in [0.15, 0.2) is 24.5 Å². The maximum absolute atomic E-state index is 5.41. The molecule has 0 radical (unpaired) electrons. The van der Waals surface area contributed by atoms with Crippen LogP contribution >= 0.6 is 0 Å². The second kappa shape index (κ2) is 6.78. The molecule has 0 bridgehead atoms. The van der Waals surface area contributed by atoms with Crippen LogP contribution in [0.2, 0.25) is 0 Å². The molecule has 0 amide bonds. The summed E-state index contributed by atoms with van der Waals surface area (Å²) in [6.45, 7) is 4.76. The van der Waals surface area contributed by atoms with Crippen molar-refractivity contribution in [1.82, 2.24) is 9.97 Å². The molecule has 0 aliphatic rings. The van der Waals surface area contributed by atoms with Crippen LogP contribution in [0.3, 0.4) is 0 Å². The maximum atomic E-state index is 5.41. The number of aryl methyl sites for hydroxylation is 1. The highest BCUT2D eigenvalue weighted by Gasteiger charge is 2.12. The zero-order valence-corrected chi connectivity index (χ0v) is 12.7. The second-order valence-corrected chi connectivity index (χ2v) is 4.44. The molecule has 0 spiro atoms. The van der Waals surface area contributed by atoms with Gasteiger partial charge in [-0.3, -0.25) is 0 Å². The molecule has 1 aromatic carbocycles. The zero-order valence-electron chi connectivity index (χ0n) is 12.7. The van der Waals surface area contributed by atoms with Gasteiger partial charge >= 0.3 is 0 Å². The number of ether oxygens (including phenoxy) is 2. The van der Waals surface area contributed by atoms with Crippen molar-refractivity contribution in [3.05, 3.63) is 30.1 Å². The monoisotopic (exact) mass is 288 g/mol. The minimum atomic E-state index is 0.592. The van der Waals surface area contributed by atoms with Crippen LogP contribution < -0.4 is 20.1 Å². The lowest BCUT2D eigenvalue weighted by atomic mass is 10.2. The largest absolute Gasteiger partial charge is 0.497 e. The number of benzene rings is 1. The van der Waals surface area contributed by atoms with Gasteiger partial charge < -0.3 is 20.1 Å². The predicted octanol–water partition coefficient (Wildman–Crippen LogP) is 2.98. The van der Waals surface area contributed by atoms with E-state index in [1.165, 1.54) is 6.33 Å². The van der Waals surface area contributed by atoms with E-state index in [2.05, 4.69) is 20.6 Å². The molecule has 1 heterocycles. The average Bonchev–Trinajstić information content (AvgIpc) is 2.50. The van der Waals surface area contributed by atoms with E-state index in [0.717, 1.165) is 23.5 Å². The van der Waals surface area contributed by atoms with Gasteiger partial charge in [0.1, 0.15) is 12.1 Å². The van der Waals surface area contributed by atoms with Gasteiger partial charge in [0.2, 0.25) is 5.75 Å². The molecule has 21 heavy (non-hydrogen) atoms. The SMILES string of the molecule is CCNc1ncnc(Nc2ccc(OC)cc2C)c1OC. The van der Waals surface area contributed by atoms with E-state index in [9.17, 15) is 0 Å². The van der Waals surface area contributed by atoms with Crippen LogP contribution in [-0.4, -0.2) is 30.7 Å².